The third kappa shape index (κ3) is 35.0. The molecule has 0 aromatic carbocycles. The standard InChI is InChI=1S/C27H44N4O7.C26H42N4O7.Li.H2O/c1-19-14-16-28-21(18-19)31(25(35)38-27(5,6)7)17-11-13-22(32)30-20(23(33)36-8)12-9-10-15-29-24(34)37-26(2,3)4;1-18-13-15-27-20(17-18)30(24(35)37-26(5,6)7)16-10-12-21(31)29-19(22(32)33)11-8-9-14-28-23(34)36-25(2,3)4;;/h14,16,18,20H,9-13,15,17H2,1-8H3,(H,29,34)(H,30,32);13,15,17,19H,8-12,14,16H2,1-7H3,(H,28,34)(H,29,31)(H,32,33);;1H2/q;;+1;/p-1/t20-;19-;;/m00../s1. The largest absolute Gasteiger partial charge is 1.00 e. The fraction of sp³-hybridized carbons (Fsp3) is 0.660. The van der Waals surface area contributed by atoms with E-state index >= 15 is 0 Å². The number of nitrogens with one attached hydrogen (secondary N) is 4. The van der Waals surface area contributed by atoms with E-state index in [0.717, 1.165) is 11.1 Å². The van der Waals surface area contributed by atoms with Crippen molar-refractivity contribution in [3.63, 3.8) is 0 Å². The minimum Gasteiger partial charge on any atom is -0.870 e. The van der Waals surface area contributed by atoms with Crippen LogP contribution in [-0.2, 0) is 42.9 Å². The van der Waals surface area contributed by atoms with Crippen LogP contribution >= 0.6 is 0 Å². The Labute approximate surface area is 467 Å². The molecule has 23 nitrogen and oxygen atoms in total. The summed E-state index contributed by atoms with van der Waals surface area (Å²) >= 11 is 0. The Bertz CT molecular complexity index is 2170. The fourth-order valence-corrected chi connectivity index (χ4v) is 6.50. The van der Waals surface area contributed by atoms with Crippen LogP contribution in [0.5, 0.6) is 0 Å². The Hall–Kier alpha value is -6.18. The Balaban J connectivity index is 0. The second-order valence-electron chi connectivity index (χ2n) is 21.8. The number of alkyl carbamates (subject to hydrolysis) is 2. The first-order valence-corrected chi connectivity index (χ1v) is 25.4. The maximum Gasteiger partial charge on any atom is 1.00 e. The quantitative estimate of drug-likeness (QED) is 0.0387. The number of pyridine rings is 2. The Morgan fingerprint density at radius 2 is 0.909 bits per heavy atom. The average molecular weight is 1080 g/mol. The van der Waals surface area contributed by atoms with Crippen LogP contribution in [0.1, 0.15) is 158 Å². The van der Waals surface area contributed by atoms with Gasteiger partial charge in [-0.3, -0.25) is 19.4 Å². The SMILES string of the molecule is COC(=O)[C@H](CCCCNC(=O)OC(C)(C)C)NC(=O)CCCN(C(=O)OC(C)(C)C)c1cc(C)ccn1.Cc1ccnc(N(CCCC(=O)N[C@@H](CCCCNC(=O)OC(C)(C)C)C(=O)O)C(=O)OC(C)(C)C)c1.[Li+].[OH-]. The molecule has 0 saturated heterocycles. The van der Waals surface area contributed by atoms with Crippen LogP contribution in [0.25, 0.3) is 0 Å². The first-order chi connectivity index (χ1) is 34.7. The number of aliphatic carboxylic acids is 1. The number of anilines is 2. The topological polar surface area (TPSA) is 313 Å². The van der Waals surface area contributed by atoms with Gasteiger partial charge < -0.3 is 55.5 Å². The van der Waals surface area contributed by atoms with Crippen LogP contribution in [0.15, 0.2) is 36.7 Å². The Morgan fingerprint density at radius 1 is 0.558 bits per heavy atom. The molecule has 2 aromatic rings. The summed E-state index contributed by atoms with van der Waals surface area (Å²) in [7, 11) is 1.26. The Morgan fingerprint density at radius 3 is 1.23 bits per heavy atom. The number of esters is 1. The number of ether oxygens (including phenoxy) is 5. The molecular formula is C53H87LiN8O15. The van der Waals surface area contributed by atoms with Gasteiger partial charge in [0.05, 0.1) is 7.11 Å². The fourth-order valence-electron chi connectivity index (χ4n) is 6.50. The van der Waals surface area contributed by atoms with Crippen molar-refractivity contribution in [3.8, 4) is 0 Å². The third-order valence-electron chi connectivity index (χ3n) is 9.78. The molecule has 0 saturated carbocycles. The summed E-state index contributed by atoms with van der Waals surface area (Å²) in [6.45, 7) is 26.1. The van der Waals surface area contributed by atoms with Crippen molar-refractivity contribution in [1.29, 1.82) is 0 Å². The number of methoxy groups -OCH3 is 1. The van der Waals surface area contributed by atoms with Gasteiger partial charge in [-0.25, -0.2) is 38.7 Å². The smallest absolute Gasteiger partial charge is 0.870 e. The van der Waals surface area contributed by atoms with Crippen LogP contribution < -0.4 is 49.9 Å². The summed E-state index contributed by atoms with van der Waals surface area (Å²) < 4.78 is 26.2. The van der Waals surface area contributed by atoms with Crippen molar-refractivity contribution >= 4 is 59.8 Å². The van der Waals surface area contributed by atoms with Gasteiger partial charge in [-0.05, 0) is 184 Å². The van der Waals surface area contributed by atoms with E-state index in [4.69, 9.17) is 23.7 Å². The molecule has 6 N–H and O–H groups in total. The molecule has 77 heavy (non-hydrogen) atoms. The average Bonchev–Trinajstić information content (AvgIpc) is 3.25. The van der Waals surface area contributed by atoms with Gasteiger partial charge in [0.1, 0.15) is 46.1 Å². The molecule has 2 rings (SSSR count). The molecule has 6 amide bonds. The molecule has 0 unspecified atom stereocenters. The number of unbranched alkanes of at least 4 members (excludes halogenated alkanes) is 2. The minimum absolute atomic E-state index is 0. The molecule has 0 spiro atoms. The zero-order valence-corrected chi connectivity index (χ0v) is 48.5. The van der Waals surface area contributed by atoms with E-state index in [1.54, 1.807) is 108 Å². The van der Waals surface area contributed by atoms with E-state index in [2.05, 4.69) is 31.2 Å². The van der Waals surface area contributed by atoms with Gasteiger partial charge in [0.25, 0.3) is 0 Å². The number of hydrogen-bond donors (Lipinski definition) is 5. The summed E-state index contributed by atoms with van der Waals surface area (Å²) in [6, 6.07) is 5.30. The molecular weight excluding hydrogens is 996 g/mol. The molecule has 430 valence electrons. The van der Waals surface area contributed by atoms with Crippen molar-refractivity contribution < 1.29 is 91.5 Å². The second kappa shape index (κ2) is 35.3. The zero-order valence-electron chi connectivity index (χ0n) is 48.5. The summed E-state index contributed by atoms with van der Waals surface area (Å²) in [4.78, 5) is 109. The monoisotopic (exact) mass is 1080 g/mol. The van der Waals surface area contributed by atoms with Gasteiger partial charge in [-0.15, -0.1) is 0 Å². The number of aryl methyl sites for hydroxylation is 2. The number of amides is 6. The van der Waals surface area contributed by atoms with Gasteiger partial charge in [0.2, 0.25) is 11.8 Å². The number of carboxylic acid groups (broad SMARTS) is 1. The van der Waals surface area contributed by atoms with Crippen molar-refractivity contribution in [2.75, 3.05) is 43.1 Å². The van der Waals surface area contributed by atoms with E-state index in [9.17, 15) is 43.5 Å². The summed E-state index contributed by atoms with van der Waals surface area (Å²) in [6.07, 6.45) is 4.51. The summed E-state index contributed by atoms with van der Waals surface area (Å²) in [5.41, 5.74) is -0.709. The Kier molecular flexibility index (Phi) is 33.4. The van der Waals surface area contributed by atoms with Gasteiger partial charge in [0.15, 0.2) is 0 Å². The molecule has 2 atom stereocenters. The van der Waals surface area contributed by atoms with Crippen molar-refractivity contribution in [2.24, 2.45) is 0 Å². The van der Waals surface area contributed by atoms with Crippen molar-refractivity contribution in [3.05, 3.63) is 47.8 Å². The van der Waals surface area contributed by atoms with Gasteiger partial charge >= 0.3 is 55.2 Å². The van der Waals surface area contributed by atoms with E-state index in [1.807, 2.05) is 26.0 Å². The molecule has 2 heterocycles. The van der Waals surface area contributed by atoms with Crippen molar-refractivity contribution in [1.82, 2.24) is 31.2 Å². The molecule has 0 radical (unpaired) electrons. The summed E-state index contributed by atoms with van der Waals surface area (Å²) in [5, 5.41) is 20.0. The van der Waals surface area contributed by atoms with E-state index in [0.29, 0.717) is 63.3 Å². The van der Waals surface area contributed by atoms with E-state index in [1.165, 1.54) is 16.9 Å². The maximum atomic E-state index is 12.8. The predicted octanol–water partition coefficient (Wildman–Crippen LogP) is 5.27. The van der Waals surface area contributed by atoms with E-state index < -0.39 is 76.7 Å². The third-order valence-corrected chi connectivity index (χ3v) is 9.78. The molecule has 0 aliphatic rings. The van der Waals surface area contributed by atoms with Gasteiger partial charge in [-0.1, -0.05) is 0 Å². The number of nitrogens with zero attached hydrogens (tertiary/aromatic N) is 4. The predicted molar refractivity (Wildman–Crippen MR) is 285 cm³/mol. The summed E-state index contributed by atoms with van der Waals surface area (Å²) in [5.74, 6) is -1.59. The molecule has 0 bridgehead atoms. The first kappa shape index (κ1) is 72.9. The number of carbonyl (C=O) groups excluding carboxylic acids is 7. The minimum atomic E-state index is -1.13. The number of aromatic nitrogens is 2. The molecule has 0 fully saturated rings. The van der Waals surface area contributed by atoms with Crippen LogP contribution in [0.2, 0.25) is 0 Å². The molecule has 2 aromatic heterocycles. The molecule has 0 aliphatic carbocycles. The van der Waals surface area contributed by atoms with Gasteiger partial charge in [-0.2, -0.15) is 0 Å². The first-order valence-electron chi connectivity index (χ1n) is 25.4. The molecule has 24 heteroatoms. The number of carboxylic acids is 1. The van der Waals surface area contributed by atoms with Crippen molar-refractivity contribution in [2.45, 2.75) is 196 Å². The molecule has 0 aliphatic heterocycles. The number of rotatable bonds is 24. The number of carbonyl (C=O) groups is 8. The van der Waals surface area contributed by atoms with E-state index in [-0.39, 0.29) is 69.0 Å². The zero-order chi connectivity index (χ0) is 57.2. The van der Waals surface area contributed by atoms with Crippen LogP contribution in [0, 0.1) is 13.8 Å². The second-order valence-corrected chi connectivity index (χ2v) is 21.8. The normalized spacial score (nSPS) is 11.9. The number of hydrogen-bond acceptors (Lipinski definition) is 16. The van der Waals surface area contributed by atoms with Crippen LogP contribution in [-0.4, -0.2) is 136 Å². The van der Waals surface area contributed by atoms with Crippen LogP contribution in [0.3, 0.4) is 0 Å². The maximum absolute atomic E-state index is 12.8. The van der Waals surface area contributed by atoms with Crippen LogP contribution in [0.4, 0.5) is 30.8 Å². The van der Waals surface area contributed by atoms with Gasteiger partial charge in [0, 0.05) is 51.4 Å².